The van der Waals surface area contributed by atoms with Crippen LogP contribution in [0.15, 0.2) is 52.1 Å². The monoisotopic (exact) mass is 529 g/mol. The van der Waals surface area contributed by atoms with Gasteiger partial charge in [0.25, 0.3) is 0 Å². The Bertz CT molecular complexity index is 746. The second kappa shape index (κ2) is 14.7. The summed E-state index contributed by atoms with van der Waals surface area (Å²) >= 11 is 0. The molecule has 0 aliphatic carbocycles. The molecule has 0 bridgehead atoms. The van der Waals surface area contributed by atoms with Crippen molar-refractivity contribution in [3.63, 3.8) is 0 Å². The number of aliphatic imine (C=N–C) groups is 1. The van der Waals surface area contributed by atoms with Crippen molar-refractivity contribution in [2.45, 2.75) is 45.6 Å². The van der Waals surface area contributed by atoms with Crippen LogP contribution in [-0.2, 0) is 16.0 Å². The van der Waals surface area contributed by atoms with Crippen molar-refractivity contribution in [1.82, 2.24) is 5.32 Å². The highest BCUT2D eigenvalue weighted by Crippen LogP contribution is 2.17. The van der Waals surface area contributed by atoms with Gasteiger partial charge in [0.05, 0.1) is 19.5 Å². The highest BCUT2D eigenvalue weighted by atomic mass is 127. The van der Waals surface area contributed by atoms with E-state index in [-0.39, 0.29) is 36.0 Å². The zero-order valence-corrected chi connectivity index (χ0v) is 20.2. The van der Waals surface area contributed by atoms with Crippen molar-refractivity contribution in [2.75, 3.05) is 25.5 Å². The molecule has 1 aromatic heterocycles. The summed E-state index contributed by atoms with van der Waals surface area (Å²) in [4.78, 5) is 15.8. The number of hydrogen-bond acceptors (Lipinski definition) is 5. The predicted molar refractivity (Wildman–Crippen MR) is 130 cm³/mol. The summed E-state index contributed by atoms with van der Waals surface area (Å²) in [5.41, 5.74) is 0.917. The molecular weight excluding hydrogens is 497 g/mol. The number of hydrogen-bond donors (Lipinski definition) is 2. The molecule has 0 spiro atoms. The Kier molecular flexibility index (Phi) is 12.6. The van der Waals surface area contributed by atoms with E-state index < -0.39 is 0 Å². The molecule has 0 amide bonds. The first kappa shape index (κ1) is 25.8. The number of carbonyl (C=O) groups is 1. The Labute approximate surface area is 195 Å². The molecule has 0 aliphatic heterocycles. The number of nitrogens with zero attached hydrogens (tertiary/aromatic N) is 1. The van der Waals surface area contributed by atoms with Crippen LogP contribution >= 0.6 is 24.0 Å². The third kappa shape index (κ3) is 10.5. The quantitative estimate of drug-likeness (QED) is 0.145. The summed E-state index contributed by atoms with van der Waals surface area (Å²) in [7, 11) is 1.41. The largest absolute Gasteiger partial charge is 0.491 e. The molecule has 7 nitrogen and oxygen atoms in total. The summed E-state index contributed by atoms with van der Waals surface area (Å²) < 4.78 is 15.7. The van der Waals surface area contributed by atoms with Gasteiger partial charge in [0.2, 0.25) is 0 Å². The van der Waals surface area contributed by atoms with E-state index in [2.05, 4.69) is 20.4 Å². The zero-order chi connectivity index (χ0) is 20.9. The predicted octanol–water partition coefficient (Wildman–Crippen LogP) is 4.63. The molecule has 0 fully saturated rings. The normalized spacial score (nSPS) is 11.0. The fraction of sp³-hybridized carbons (Fsp3) is 0.455. The van der Waals surface area contributed by atoms with E-state index in [9.17, 15) is 4.79 Å². The molecule has 2 aromatic rings. The first-order valence-corrected chi connectivity index (χ1v) is 9.98. The molecule has 2 N–H and O–H groups in total. The molecule has 1 heterocycles. The number of guanidine groups is 1. The second-order valence-corrected chi connectivity index (χ2v) is 6.84. The van der Waals surface area contributed by atoms with Crippen LogP contribution in [0.25, 0.3) is 0 Å². The van der Waals surface area contributed by atoms with Crippen LogP contribution in [0.4, 0.5) is 5.69 Å². The van der Waals surface area contributed by atoms with E-state index >= 15 is 0 Å². The van der Waals surface area contributed by atoms with Gasteiger partial charge in [-0.1, -0.05) is 0 Å². The molecule has 0 unspecified atom stereocenters. The number of halogens is 1. The number of carbonyl (C=O) groups excluding carboxylic acids is 1. The van der Waals surface area contributed by atoms with E-state index in [0.29, 0.717) is 25.5 Å². The Hall–Kier alpha value is -2.23. The number of methoxy groups -OCH3 is 1. The van der Waals surface area contributed by atoms with E-state index in [1.807, 2.05) is 50.2 Å². The van der Waals surface area contributed by atoms with Crippen LogP contribution in [-0.4, -0.2) is 38.2 Å². The zero-order valence-electron chi connectivity index (χ0n) is 17.8. The number of unbranched alkanes of at least 4 members (excludes halogenated alkanes) is 1. The number of rotatable bonds is 11. The maximum absolute atomic E-state index is 11.2. The third-order valence-corrected chi connectivity index (χ3v) is 4.02. The second-order valence-electron chi connectivity index (χ2n) is 6.84. The van der Waals surface area contributed by atoms with Crippen LogP contribution in [0.5, 0.6) is 5.75 Å². The Balaban J connectivity index is 0.00000450. The van der Waals surface area contributed by atoms with E-state index in [1.165, 1.54) is 7.11 Å². The summed E-state index contributed by atoms with van der Waals surface area (Å²) in [5.74, 6) is 2.25. The first-order valence-electron chi connectivity index (χ1n) is 9.98. The molecule has 30 heavy (non-hydrogen) atoms. The van der Waals surface area contributed by atoms with E-state index in [0.717, 1.165) is 36.5 Å². The number of anilines is 1. The van der Waals surface area contributed by atoms with E-state index in [4.69, 9.17) is 9.15 Å². The van der Waals surface area contributed by atoms with Crippen LogP contribution in [0, 0.1) is 0 Å². The van der Waals surface area contributed by atoms with Crippen molar-refractivity contribution in [1.29, 1.82) is 0 Å². The van der Waals surface area contributed by atoms with Crippen LogP contribution < -0.4 is 15.4 Å². The van der Waals surface area contributed by atoms with Crippen molar-refractivity contribution < 1.29 is 18.7 Å². The molecule has 0 aliphatic rings. The minimum Gasteiger partial charge on any atom is -0.491 e. The Morgan fingerprint density at radius 3 is 2.57 bits per heavy atom. The molecule has 8 heteroatoms. The van der Waals surface area contributed by atoms with Crippen molar-refractivity contribution in [3.05, 3.63) is 48.4 Å². The SMILES string of the molecule is COC(=O)CCCCN=C(NCCc1ccco1)Nc1ccc(OC(C)C)cc1.I. The number of furan rings is 1. The standard InChI is InChI=1S/C22H31N3O4.HI/c1-17(2)29-20-11-9-18(10-12-20)25-22(23-14-5-4-8-21(26)27-3)24-15-13-19-7-6-16-28-19;/h6-7,9-12,16-17H,4-5,8,13-15H2,1-3H3,(H2,23,24,25);1H. The number of benzene rings is 1. The van der Waals surface area contributed by atoms with Gasteiger partial charge < -0.3 is 24.5 Å². The minimum atomic E-state index is -0.187. The van der Waals surface area contributed by atoms with Crippen LogP contribution in [0.1, 0.15) is 38.9 Å². The highest BCUT2D eigenvalue weighted by molar-refractivity contribution is 14.0. The van der Waals surface area contributed by atoms with Gasteiger partial charge in [-0.05, 0) is 63.1 Å². The van der Waals surface area contributed by atoms with Gasteiger partial charge >= 0.3 is 5.97 Å². The fourth-order valence-corrected chi connectivity index (χ4v) is 2.60. The molecule has 0 saturated carbocycles. The smallest absolute Gasteiger partial charge is 0.305 e. The lowest BCUT2D eigenvalue weighted by Crippen LogP contribution is -2.32. The Morgan fingerprint density at radius 1 is 1.17 bits per heavy atom. The van der Waals surface area contributed by atoms with Gasteiger partial charge in [-0.3, -0.25) is 9.79 Å². The fourth-order valence-electron chi connectivity index (χ4n) is 2.60. The van der Waals surface area contributed by atoms with Crippen LogP contribution in [0.2, 0.25) is 0 Å². The van der Waals surface area contributed by atoms with E-state index in [1.54, 1.807) is 6.26 Å². The number of nitrogens with one attached hydrogen (secondary N) is 2. The molecule has 0 saturated heterocycles. The van der Waals surface area contributed by atoms with Gasteiger partial charge in [0.15, 0.2) is 5.96 Å². The lowest BCUT2D eigenvalue weighted by Gasteiger charge is -2.14. The van der Waals surface area contributed by atoms with Gasteiger partial charge in [-0.25, -0.2) is 0 Å². The van der Waals surface area contributed by atoms with Crippen molar-refractivity contribution in [2.24, 2.45) is 4.99 Å². The van der Waals surface area contributed by atoms with Gasteiger partial charge in [-0.15, -0.1) is 24.0 Å². The molecule has 0 radical (unpaired) electrons. The lowest BCUT2D eigenvalue weighted by molar-refractivity contribution is -0.140. The minimum absolute atomic E-state index is 0. The molecule has 1 aromatic carbocycles. The highest BCUT2D eigenvalue weighted by Gasteiger charge is 2.04. The summed E-state index contributed by atoms with van der Waals surface area (Å²) in [6, 6.07) is 11.6. The number of esters is 1. The Morgan fingerprint density at radius 2 is 1.93 bits per heavy atom. The molecule has 2 rings (SSSR count). The topological polar surface area (TPSA) is 85.1 Å². The maximum Gasteiger partial charge on any atom is 0.305 e. The van der Waals surface area contributed by atoms with Gasteiger partial charge in [-0.2, -0.15) is 0 Å². The average Bonchev–Trinajstić information content (AvgIpc) is 3.21. The van der Waals surface area contributed by atoms with Crippen LogP contribution in [0.3, 0.4) is 0 Å². The van der Waals surface area contributed by atoms with Crippen molar-refractivity contribution >= 4 is 41.6 Å². The van der Waals surface area contributed by atoms with Crippen molar-refractivity contribution in [3.8, 4) is 5.75 Å². The number of ether oxygens (including phenoxy) is 2. The molecule has 166 valence electrons. The summed E-state index contributed by atoms with van der Waals surface area (Å²) in [6.07, 6.45) is 4.54. The summed E-state index contributed by atoms with van der Waals surface area (Å²) in [5, 5.41) is 6.63. The average molecular weight is 529 g/mol. The maximum atomic E-state index is 11.2. The lowest BCUT2D eigenvalue weighted by atomic mass is 10.2. The van der Waals surface area contributed by atoms with Gasteiger partial charge in [0.1, 0.15) is 11.5 Å². The van der Waals surface area contributed by atoms with Gasteiger partial charge in [0, 0.05) is 31.6 Å². The molecule has 0 atom stereocenters. The summed E-state index contributed by atoms with van der Waals surface area (Å²) in [6.45, 7) is 5.30. The molecular formula is C22H32IN3O4. The first-order chi connectivity index (χ1) is 14.1. The third-order valence-electron chi connectivity index (χ3n) is 4.02.